The summed E-state index contributed by atoms with van der Waals surface area (Å²) in [5.74, 6) is -0.255. The highest BCUT2D eigenvalue weighted by Crippen LogP contribution is 2.25. The van der Waals surface area contributed by atoms with Crippen molar-refractivity contribution in [1.82, 2.24) is 15.1 Å². The maximum absolute atomic E-state index is 12.2. The van der Waals surface area contributed by atoms with E-state index in [1.165, 1.54) is 6.20 Å². The van der Waals surface area contributed by atoms with Crippen LogP contribution in [-0.4, -0.2) is 32.5 Å². The van der Waals surface area contributed by atoms with Crippen LogP contribution in [0.3, 0.4) is 0 Å². The number of nitrogens with zero attached hydrogens (tertiary/aromatic N) is 3. The van der Waals surface area contributed by atoms with Crippen LogP contribution in [-0.2, 0) is 6.42 Å². The fourth-order valence-corrected chi connectivity index (χ4v) is 1.70. The molecule has 0 spiro atoms. The molecule has 0 aliphatic rings. The van der Waals surface area contributed by atoms with Crippen molar-refractivity contribution in [1.29, 1.82) is 0 Å². The van der Waals surface area contributed by atoms with Gasteiger partial charge >= 0.3 is 6.18 Å². The van der Waals surface area contributed by atoms with E-state index in [9.17, 15) is 13.2 Å². The normalized spacial score (nSPS) is 13.5. The fourth-order valence-electron chi connectivity index (χ4n) is 1.27. The van der Waals surface area contributed by atoms with Gasteiger partial charge in [0.1, 0.15) is 5.69 Å². The summed E-state index contributed by atoms with van der Waals surface area (Å²) in [6, 6.07) is 3.35. The van der Waals surface area contributed by atoms with E-state index >= 15 is 0 Å². The molecule has 0 radical (unpaired) electrons. The van der Waals surface area contributed by atoms with Crippen molar-refractivity contribution >= 4 is 15.9 Å². The van der Waals surface area contributed by atoms with E-state index in [1.54, 1.807) is 12.1 Å². The lowest BCUT2D eigenvalue weighted by atomic mass is 10.2. The molecule has 0 aliphatic heterocycles. The average molecular weight is 338 g/mol. The Balaban J connectivity index is 2.19. The summed E-state index contributed by atoms with van der Waals surface area (Å²) in [6.07, 6.45) is -6.56. The molecule has 0 fully saturated rings. The highest BCUT2D eigenvalue weighted by Gasteiger charge is 2.39. The van der Waals surface area contributed by atoms with E-state index in [2.05, 4.69) is 35.6 Å². The third-order valence-corrected chi connectivity index (χ3v) is 2.82. The smallest absolute Gasteiger partial charge is 0.383 e. The summed E-state index contributed by atoms with van der Waals surface area (Å²) in [6.45, 7) is 0. The topological polar surface area (TPSA) is 72.0 Å². The van der Waals surface area contributed by atoms with Crippen LogP contribution >= 0.6 is 15.9 Å². The number of rotatable bonds is 3. The van der Waals surface area contributed by atoms with Crippen molar-refractivity contribution in [3.05, 3.63) is 28.7 Å². The standard InChI is InChI=1S/C10H7BrF3N3O2/c11-5-2-1-3-15-8(5)9-16-7(19-17-9)4-6(18)10(12,13)14/h1-3,6,18H,4H2. The van der Waals surface area contributed by atoms with E-state index in [-0.39, 0.29) is 11.7 Å². The van der Waals surface area contributed by atoms with E-state index in [0.29, 0.717) is 10.2 Å². The van der Waals surface area contributed by atoms with Crippen LogP contribution < -0.4 is 0 Å². The molecule has 2 aromatic heterocycles. The zero-order valence-electron chi connectivity index (χ0n) is 9.23. The number of alkyl halides is 3. The number of pyridine rings is 1. The number of hydrogen-bond donors (Lipinski definition) is 1. The molecule has 5 nitrogen and oxygen atoms in total. The first-order chi connectivity index (χ1) is 8.88. The molecule has 2 heterocycles. The summed E-state index contributed by atoms with van der Waals surface area (Å²) in [4.78, 5) is 7.74. The van der Waals surface area contributed by atoms with Gasteiger partial charge in [0.15, 0.2) is 6.10 Å². The van der Waals surface area contributed by atoms with Crippen LogP contribution in [0.5, 0.6) is 0 Å². The molecule has 0 amide bonds. The van der Waals surface area contributed by atoms with Crippen molar-refractivity contribution in [3.63, 3.8) is 0 Å². The van der Waals surface area contributed by atoms with Crippen LogP contribution in [0.25, 0.3) is 11.5 Å². The van der Waals surface area contributed by atoms with E-state index in [0.717, 1.165) is 0 Å². The van der Waals surface area contributed by atoms with Gasteiger partial charge in [-0.15, -0.1) is 0 Å². The molecule has 1 unspecified atom stereocenters. The Morgan fingerprint density at radius 1 is 1.42 bits per heavy atom. The highest BCUT2D eigenvalue weighted by atomic mass is 79.9. The number of aliphatic hydroxyl groups excluding tert-OH is 1. The molecule has 0 aromatic carbocycles. The predicted octanol–water partition coefficient (Wildman–Crippen LogP) is 2.36. The van der Waals surface area contributed by atoms with Crippen LogP contribution in [0.4, 0.5) is 13.2 Å². The molecule has 2 rings (SSSR count). The maximum atomic E-state index is 12.2. The van der Waals surface area contributed by atoms with Crippen LogP contribution in [0.1, 0.15) is 5.89 Å². The number of aromatic nitrogens is 3. The Morgan fingerprint density at radius 2 is 2.16 bits per heavy atom. The quantitative estimate of drug-likeness (QED) is 0.930. The van der Waals surface area contributed by atoms with E-state index in [1.807, 2.05) is 0 Å². The minimum atomic E-state index is -4.72. The van der Waals surface area contributed by atoms with Gasteiger partial charge in [-0.3, -0.25) is 4.98 Å². The van der Waals surface area contributed by atoms with Gasteiger partial charge in [0, 0.05) is 10.7 Å². The Hall–Kier alpha value is -1.48. The molecule has 0 aliphatic carbocycles. The van der Waals surface area contributed by atoms with Gasteiger partial charge in [-0.05, 0) is 28.1 Å². The number of aliphatic hydroxyl groups is 1. The lowest BCUT2D eigenvalue weighted by molar-refractivity contribution is -0.204. The maximum Gasteiger partial charge on any atom is 0.414 e. The number of hydrogen-bond acceptors (Lipinski definition) is 5. The SMILES string of the molecule is OC(Cc1nc(-c2ncccc2Br)no1)C(F)(F)F. The minimum absolute atomic E-state index is 0.0526. The monoisotopic (exact) mass is 337 g/mol. The average Bonchev–Trinajstić information content (AvgIpc) is 2.76. The predicted molar refractivity (Wildman–Crippen MR) is 61.0 cm³/mol. The molecular formula is C10H7BrF3N3O2. The van der Waals surface area contributed by atoms with Gasteiger partial charge < -0.3 is 9.63 Å². The lowest BCUT2D eigenvalue weighted by Crippen LogP contribution is -2.30. The molecular weight excluding hydrogens is 331 g/mol. The third-order valence-electron chi connectivity index (χ3n) is 2.18. The molecule has 2 aromatic rings. The van der Waals surface area contributed by atoms with Gasteiger partial charge in [0.2, 0.25) is 11.7 Å². The largest absolute Gasteiger partial charge is 0.414 e. The minimum Gasteiger partial charge on any atom is -0.383 e. The molecule has 1 N–H and O–H groups in total. The first-order valence-electron chi connectivity index (χ1n) is 5.06. The van der Waals surface area contributed by atoms with Crippen molar-refractivity contribution in [3.8, 4) is 11.5 Å². The van der Waals surface area contributed by atoms with E-state index < -0.39 is 18.7 Å². The zero-order chi connectivity index (χ0) is 14.0. The summed E-state index contributed by atoms with van der Waals surface area (Å²) in [7, 11) is 0. The van der Waals surface area contributed by atoms with Crippen molar-refractivity contribution in [2.24, 2.45) is 0 Å². The molecule has 0 saturated carbocycles. The summed E-state index contributed by atoms with van der Waals surface area (Å²) in [5, 5.41) is 12.4. The van der Waals surface area contributed by atoms with Crippen molar-refractivity contribution < 1.29 is 22.8 Å². The molecule has 0 saturated heterocycles. The third kappa shape index (κ3) is 3.29. The van der Waals surface area contributed by atoms with Gasteiger partial charge in [-0.1, -0.05) is 5.16 Å². The Kier molecular flexibility index (Phi) is 3.85. The molecule has 0 bridgehead atoms. The second-order valence-electron chi connectivity index (χ2n) is 3.61. The van der Waals surface area contributed by atoms with E-state index in [4.69, 9.17) is 5.11 Å². The summed E-state index contributed by atoms with van der Waals surface area (Å²) >= 11 is 3.21. The first-order valence-corrected chi connectivity index (χ1v) is 5.85. The zero-order valence-corrected chi connectivity index (χ0v) is 10.8. The number of halogens is 4. The van der Waals surface area contributed by atoms with Crippen LogP contribution in [0, 0.1) is 0 Å². The van der Waals surface area contributed by atoms with Gasteiger partial charge in [-0.25, -0.2) is 0 Å². The molecule has 9 heteroatoms. The Morgan fingerprint density at radius 3 is 2.79 bits per heavy atom. The fraction of sp³-hybridized carbons (Fsp3) is 0.300. The van der Waals surface area contributed by atoms with Gasteiger partial charge in [0.25, 0.3) is 0 Å². The second kappa shape index (κ2) is 5.25. The lowest BCUT2D eigenvalue weighted by Gasteiger charge is -2.11. The van der Waals surface area contributed by atoms with Crippen LogP contribution in [0.2, 0.25) is 0 Å². The van der Waals surface area contributed by atoms with Crippen molar-refractivity contribution in [2.75, 3.05) is 0 Å². The summed E-state index contributed by atoms with van der Waals surface area (Å²) in [5.41, 5.74) is 0.346. The van der Waals surface area contributed by atoms with Gasteiger partial charge in [0.05, 0.1) is 6.42 Å². The Bertz CT molecular complexity index is 573. The van der Waals surface area contributed by atoms with Crippen molar-refractivity contribution in [2.45, 2.75) is 18.7 Å². The molecule has 19 heavy (non-hydrogen) atoms. The molecule has 1 atom stereocenters. The van der Waals surface area contributed by atoms with Gasteiger partial charge in [-0.2, -0.15) is 18.2 Å². The second-order valence-corrected chi connectivity index (χ2v) is 4.46. The van der Waals surface area contributed by atoms with Crippen LogP contribution in [0.15, 0.2) is 27.3 Å². The Labute approximate surface area is 113 Å². The molecule has 102 valence electrons. The first kappa shape index (κ1) is 13.9. The summed E-state index contributed by atoms with van der Waals surface area (Å²) < 4.78 is 41.7. The highest BCUT2D eigenvalue weighted by molar-refractivity contribution is 9.10.